The highest BCUT2D eigenvalue weighted by Crippen LogP contribution is 2.21. The number of halogens is 1. The van der Waals surface area contributed by atoms with E-state index in [-0.39, 0.29) is 11.9 Å². The summed E-state index contributed by atoms with van der Waals surface area (Å²) >= 11 is 0. The Morgan fingerprint density at radius 2 is 2.10 bits per heavy atom. The molecule has 2 unspecified atom stereocenters. The molecule has 0 aliphatic carbocycles. The summed E-state index contributed by atoms with van der Waals surface area (Å²) in [6.07, 6.45) is 1.97. The highest BCUT2D eigenvalue weighted by atomic mass is 19.1. The zero-order valence-electron chi connectivity index (χ0n) is 12.0. The summed E-state index contributed by atoms with van der Waals surface area (Å²) in [6, 6.07) is 6.73. The number of piperidine rings is 1. The Hall–Kier alpha value is -1.79. The van der Waals surface area contributed by atoms with Crippen LogP contribution >= 0.6 is 0 Å². The summed E-state index contributed by atoms with van der Waals surface area (Å²) in [5.41, 5.74) is 6.69. The van der Waals surface area contributed by atoms with E-state index in [4.69, 9.17) is 10.2 Å². The molecule has 1 aromatic carbocycles. The number of aromatic nitrogens is 2. The largest absolute Gasteiger partial charge is 0.419 e. The minimum Gasteiger partial charge on any atom is -0.419 e. The molecule has 5 nitrogen and oxygen atoms in total. The van der Waals surface area contributed by atoms with Crippen LogP contribution in [0.4, 0.5) is 4.39 Å². The van der Waals surface area contributed by atoms with Gasteiger partial charge in [-0.05, 0) is 44.0 Å². The van der Waals surface area contributed by atoms with Gasteiger partial charge in [-0.25, -0.2) is 4.39 Å². The lowest BCUT2D eigenvalue weighted by Gasteiger charge is -2.35. The molecular formula is C15H19FN4O. The SMILES string of the molecule is CC1CC(N)CCN1Cc1nnc(-c2ccc(F)cc2)o1. The molecule has 2 heterocycles. The Morgan fingerprint density at radius 1 is 1.33 bits per heavy atom. The highest BCUT2D eigenvalue weighted by molar-refractivity contribution is 5.51. The highest BCUT2D eigenvalue weighted by Gasteiger charge is 2.24. The van der Waals surface area contributed by atoms with Gasteiger partial charge in [-0.15, -0.1) is 10.2 Å². The number of nitrogens with two attached hydrogens (primary N) is 1. The molecule has 21 heavy (non-hydrogen) atoms. The van der Waals surface area contributed by atoms with Crippen molar-refractivity contribution in [1.29, 1.82) is 0 Å². The second-order valence-corrected chi connectivity index (χ2v) is 5.61. The summed E-state index contributed by atoms with van der Waals surface area (Å²) in [7, 11) is 0. The molecule has 6 heteroatoms. The van der Waals surface area contributed by atoms with Gasteiger partial charge < -0.3 is 10.2 Å². The van der Waals surface area contributed by atoms with Crippen molar-refractivity contribution in [1.82, 2.24) is 15.1 Å². The van der Waals surface area contributed by atoms with Crippen molar-refractivity contribution in [3.63, 3.8) is 0 Å². The molecule has 0 bridgehead atoms. The predicted molar refractivity (Wildman–Crippen MR) is 76.8 cm³/mol. The van der Waals surface area contributed by atoms with Crippen LogP contribution in [0.1, 0.15) is 25.7 Å². The summed E-state index contributed by atoms with van der Waals surface area (Å²) < 4.78 is 18.6. The molecule has 0 spiro atoms. The summed E-state index contributed by atoms with van der Waals surface area (Å²) in [5.74, 6) is 0.722. The van der Waals surface area contributed by atoms with Crippen LogP contribution in [0.25, 0.3) is 11.5 Å². The third-order valence-electron chi connectivity index (χ3n) is 3.95. The van der Waals surface area contributed by atoms with Crippen molar-refractivity contribution in [2.24, 2.45) is 5.73 Å². The number of hydrogen-bond acceptors (Lipinski definition) is 5. The van der Waals surface area contributed by atoms with E-state index in [2.05, 4.69) is 22.0 Å². The summed E-state index contributed by atoms with van der Waals surface area (Å²) in [6.45, 7) is 3.73. The van der Waals surface area contributed by atoms with E-state index in [0.717, 1.165) is 24.9 Å². The Balaban J connectivity index is 1.69. The third-order valence-corrected chi connectivity index (χ3v) is 3.95. The third kappa shape index (κ3) is 3.28. The van der Waals surface area contributed by atoms with E-state index < -0.39 is 0 Å². The molecule has 1 aromatic heterocycles. The molecule has 2 aromatic rings. The van der Waals surface area contributed by atoms with Crippen molar-refractivity contribution in [2.45, 2.75) is 38.4 Å². The molecule has 1 aliphatic rings. The first-order valence-corrected chi connectivity index (χ1v) is 7.20. The first kappa shape index (κ1) is 14.2. The lowest BCUT2D eigenvalue weighted by Crippen LogP contribution is -2.45. The van der Waals surface area contributed by atoms with E-state index in [1.54, 1.807) is 12.1 Å². The average molecular weight is 290 g/mol. The van der Waals surface area contributed by atoms with Crippen LogP contribution in [-0.4, -0.2) is 33.7 Å². The van der Waals surface area contributed by atoms with E-state index >= 15 is 0 Å². The molecule has 112 valence electrons. The standard InChI is InChI=1S/C15H19FN4O/c1-10-8-13(17)6-7-20(10)9-14-18-19-15(21-14)11-2-4-12(16)5-3-11/h2-5,10,13H,6-9,17H2,1H3. The fourth-order valence-electron chi connectivity index (χ4n) is 2.69. The zero-order chi connectivity index (χ0) is 14.8. The van der Waals surface area contributed by atoms with Crippen molar-refractivity contribution in [2.75, 3.05) is 6.54 Å². The van der Waals surface area contributed by atoms with Crippen LogP contribution in [-0.2, 0) is 6.54 Å². The number of hydrogen-bond donors (Lipinski definition) is 1. The first-order chi connectivity index (χ1) is 10.1. The Morgan fingerprint density at radius 3 is 2.81 bits per heavy atom. The van der Waals surface area contributed by atoms with Gasteiger partial charge in [0.15, 0.2) is 0 Å². The first-order valence-electron chi connectivity index (χ1n) is 7.20. The minimum absolute atomic E-state index is 0.281. The number of benzene rings is 1. The Labute approximate surface area is 123 Å². The van der Waals surface area contributed by atoms with Crippen molar-refractivity contribution in [3.05, 3.63) is 36.0 Å². The number of likely N-dealkylation sites (tertiary alicyclic amines) is 1. The molecule has 1 fully saturated rings. The molecule has 0 radical (unpaired) electrons. The van der Waals surface area contributed by atoms with Crippen LogP contribution in [0.3, 0.4) is 0 Å². The molecular weight excluding hydrogens is 271 g/mol. The second-order valence-electron chi connectivity index (χ2n) is 5.61. The van der Waals surface area contributed by atoms with Crippen molar-refractivity contribution in [3.8, 4) is 11.5 Å². The van der Waals surface area contributed by atoms with Crippen molar-refractivity contribution < 1.29 is 8.81 Å². The van der Waals surface area contributed by atoms with Gasteiger partial charge in [-0.2, -0.15) is 0 Å². The lowest BCUT2D eigenvalue weighted by atomic mass is 9.99. The molecule has 1 saturated heterocycles. The Kier molecular flexibility index (Phi) is 3.98. The fraction of sp³-hybridized carbons (Fsp3) is 0.467. The van der Waals surface area contributed by atoms with Crippen LogP contribution < -0.4 is 5.73 Å². The van der Waals surface area contributed by atoms with Gasteiger partial charge >= 0.3 is 0 Å². The second kappa shape index (κ2) is 5.91. The van der Waals surface area contributed by atoms with Crippen LogP contribution in [0.5, 0.6) is 0 Å². The van der Waals surface area contributed by atoms with Crippen molar-refractivity contribution >= 4 is 0 Å². The van der Waals surface area contributed by atoms with Gasteiger partial charge in [0.1, 0.15) is 5.82 Å². The minimum atomic E-state index is -0.281. The van der Waals surface area contributed by atoms with Gasteiger partial charge in [-0.1, -0.05) is 0 Å². The molecule has 2 N–H and O–H groups in total. The molecule has 1 aliphatic heterocycles. The lowest BCUT2D eigenvalue weighted by molar-refractivity contribution is 0.128. The summed E-state index contributed by atoms with van der Waals surface area (Å²) in [5, 5.41) is 8.11. The predicted octanol–water partition coefficient (Wildman–Crippen LogP) is 2.19. The van der Waals surface area contributed by atoms with Gasteiger partial charge in [0, 0.05) is 24.2 Å². The van der Waals surface area contributed by atoms with Gasteiger partial charge in [-0.3, -0.25) is 4.90 Å². The van der Waals surface area contributed by atoms with Crippen LogP contribution in [0.15, 0.2) is 28.7 Å². The molecule has 0 saturated carbocycles. The zero-order valence-corrected chi connectivity index (χ0v) is 12.0. The summed E-state index contributed by atoms with van der Waals surface area (Å²) in [4.78, 5) is 2.30. The van der Waals surface area contributed by atoms with E-state index in [1.165, 1.54) is 12.1 Å². The monoisotopic (exact) mass is 290 g/mol. The number of rotatable bonds is 3. The van der Waals surface area contributed by atoms with E-state index in [1.807, 2.05) is 0 Å². The van der Waals surface area contributed by atoms with E-state index in [9.17, 15) is 4.39 Å². The maximum Gasteiger partial charge on any atom is 0.247 e. The average Bonchev–Trinajstić information content (AvgIpc) is 2.91. The van der Waals surface area contributed by atoms with Gasteiger partial charge in [0.05, 0.1) is 6.54 Å². The van der Waals surface area contributed by atoms with Crippen LogP contribution in [0.2, 0.25) is 0 Å². The topological polar surface area (TPSA) is 68.2 Å². The smallest absolute Gasteiger partial charge is 0.247 e. The van der Waals surface area contributed by atoms with E-state index in [0.29, 0.717) is 24.4 Å². The maximum absolute atomic E-state index is 12.9. The molecule has 0 amide bonds. The quantitative estimate of drug-likeness (QED) is 0.938. The van der Waals surface area contributed by atoms with Crippen LogP contribution in [0, 0.1) is 5.82 Å². The van der Waals surface area contributed by atoms with Gasteiger partial charge in [0.2, 0.25) is 11.8 Å². The normalized spacial score (nSPS) is 23.4. The number of nitrogens with zero attached hydrogens (tertiary/aromatic N) is 3. The molecule has 3 rings (SSSR count). The maximum atomic E-state index is 12.9. The van der Waals surface area contributed by atoms with Gasteiger partial charge in [0.25, 0.3) is 0 Å². The Bertz CT molecular complexity index is 598. The fourth-order valence-corrected chi connectivity index (χ4v) is 2.69. The molecule has 2 atom stereocenters.